The van der Waals surface area contributed by atoms with Crippen LogP contribution in [0.4, 0.5) is 0 Å². The van der Waals surface area contributed by atoms with Gasteiger partial charge in [-0.2, -0.15) is 0 Å². The highest BCUT2D eigenvalue weighted by Crippen LogP contribution is 2.31. The maximum atomic E-state index is 12.9. The zero-order valence-electron chi connectivity index (χ0n) is 16.4. The SMILES string of the molecule is CCC[C@@H]1C[C@@H](C(=O)N[C@H]([C@H](C)Cl)[C@@H]2OC(SC)C(O)C(O)C2O)N(C)C1. The van der Waals surface area contributed by atoms with Gasteiger partial charge in [0.1, 0.15) is 29.9 Å². The fourth-order valence-corrected chi connectivity index (χ4v) is 5.00. The number of hydrogen-bond acceptors (Lipinski definition) is 7. The number of thioether (sulfide) groups is 1. The van der Waals surface area contributed by atoms with Gasteiger partial charge >= 0.3 is 0 Å². The minimum absolute atomic E-state index is 0.147. The van der Waals surface area contributed by atoms with Crippen molar-refractivity contribution in [2.75, 3.05) is 19.8 Å². The molecular weight excluding hydrogens is 392 g/mol. The lowest BCUT2D eigenvalue weighted by Gasteiger charge is -2.44. The maximum Gasteiger partial charge on any atom is 0.237 e. The Balaban J connectivity index is 2.09. The topological polar surface area (TPSA) is 102 Å². The largest absolute Gasteiger partial charge is 0.388 e. The van der Waals surface area contributed by atoms with Gasteiger partial charge in [-0.05, 0) is 39.0 Å². The fourth-order valence-electron chi connectivity index (χ4n) is 4.11. The number of aliphatic hydroxyl groups is 3. The van der Waals surface area contributed by atoms with E-state index in [1.807, 2.05) is 11.9 Å². The van der Waals surface area contributed by atoms with Crippen LogP contribution in [0.5, 0.6) is 0 Å². The molecule has 2 fully saturated rings. The molecule has 4 unspecified atom stereocenters. The summed E-state index contributed by atoms with van der Waals surface area (Å²) in [5.74, 6) is 0.350. The van der Waals surface area contributed by atoms with Crippen molar-refractivity contribution in [1.82, 2.24) is 10.2 Å². The van der Waals surface area contributed by atoms with Gasteiger partial charge in [0.15, 0.2) is 0 Å². The molecule has 0 saturated carbocycles. The Labute approximate surface area is 170 Å². The van der Waals surface area contributed by atoms with Crippen molar-refractivity contribution < 1.29 is 24.9 Å². The third kappa shape index (κ3) is 5.29. The Kier molecular flexibility index (Phi) is 8.67. The minimum Gasteiger partial charge on any atom is -0.388 e. The summed E-state index contributed by atoms with van der Waals surface area (Å²) in [6.07, 6.45) is -0.0980. The average Bonchev–Trinajstić information content (AvgIpc) is 2.99. The summed E-state index contributed by atoms with van der Waals surface area (Å²) < 4.78 is 5.79. The van der Waals surface area contributed by atoms with Gasteiger partial charge in [-0.3, -0.25) is 9.69 Å². The van der Waals surface area contributed by atoms with Crippen molar-refractivity contribution in [2.45, 2.75) is 80.4 Å². The normalized spacial score (nSPS) is 39.9. The summed E-state index contributed by atoms with van der Waals surface area (Å²) in [6, 6.07) is -0.934. The van der Waals surface area contributed by atoms with Gasteiger partial charge in [0.2, 0.25) is 5.91 Å². The van der Waals surface area contributed by atoms with Crippen molar-refractivity contribution in [2.24, 2.45) is 5.92 Å². The van der Waals surface area contributed by atoms with E-state index in [1.165, 1.54) is 11.8 Å². The summed E-state index contributed by atoms with van der Waals surface area (Å²) in [5.41, 5.74) is -0.702. The third-order valence-corrected chi connectivity index (χ3v) is 6.76. The second-order valence-corrected chi connectivity index (χ2v) is 9.36. The van der Waals surface area contributed by atoms with Crippen molar-refractivity contribution in [3.05, 3.63) is 0 Å². The van der Waals surface area contributed by atoms with Crippen LogP contribution >= 0.6 is 23.4 Å². The van der Waals surface area contributed by atoms with E-state index in [0.29, 0.717) is 5.92 Å². The number of nitrogens with zero attached hydrogens (tertiary/aromatic N) is 1. The molecule has 9 atom stereocenters. The number of rotatable bonds is 7. The van der Waals surface area contributed by atoms with Crippen LogP contribution in [0, 0.1) is 5.92 Å². The van der Waals surface area contributed by atoms with Crippen LogP contribution in [0.1, 0.15) is 33.1 Å². The molecule has 0 aromatic rings. The van der Waals surface area contributed by atoms with Gasteiger partial charge in [0, 0.05) is 6.54 Å². The van der Waals surface area contributed by atoms with Crippen LogP contribution in [0.2, 0.25) is 0 Å². The Hall–Kier alpha value is -0.0900. The first kappa shape index (κ1) is 23.2. The van der Waals surface area contributed by atoms with Crippen LogP contribution < -0.4 is 5.32 Å². The van der Waals surface area contributed by atoms with E-state index in [1.54, 1.807) is 13.2 Å². The molecule has 2 aliphatic rings. The molecule has 0 aromatic carbocycles. The second-order valence-electron chi connectivity index (χ2n) is 7.73. The highest BCUT2D eigenvalue weighted by molar-refractivity contribution is 7.99. The van der Waals surface area contributed by atoms with Crippen molar-refractivity contribution in [3.8, 4) is 0 Å². The van der Waals surface area contributed by atoms with Gasteiger partial charge < -0.3 is 25.4 Å². The first-order valence-corrected chi connectivity index (χ1v) is 11.3. The van der Waals surface area contributed by atoms with E-state index in [2.05, 4.69) is 12.2 Å². The predicted octanol–water partition coefficient (Wildman–Crippen LogP) is 0.390. The van der Waals surface area contributed by atoms with E-state index in [4.69, 9.17) is 16.3 Å². The molecule has 9 heteroatoms. The summed E-state index contributed by atoms with van der Waals surface area (Å²) in [5, 5.41) is 33.0. The molecule has 27 heavy (non-hydrogen) atoms. The molecule has 0 radical (unpaired) electrons. The lowest BCUT2D eigenvalue weighted by atomic mass is 9.92. The number of ether oxygens (including phenoxy) is 1. The number of alkyl halides is 1. The predicted molar refractivity (Wildman–Crippen MR) is 107 cm³/mol. The zero-order valence-corrected chi connectivity index (χ0v) is 18.0. The van der Waals surface area contributed by atoms with Crippen LogP contribution in [-0.2, 0) is 9.53 Å². The van der Waals surface area contributed by atoms with E-state index < -0.39 is 41.3 Å². The lowest BCUT2D eigenvalue weighted by Crippen LogP contribution is -2.65. The molecule has 2 saturated heterocycles. The molecule has 0 aromatic heterocycles. The Morgan fingerprint density at radius 3 is 2.56 bits per heavy atom. The van der Waals surface area contributed by atoms with Crippen LogP contribution in [0.15, 0.2) is 0 Å². The number of likely N-dealkylation sites (N-methyl/N-ethyl adjacent to an activating group) is 1. The van der Waals surface area contributed by atoms with E-state index in [-0.39, 0.29) is 11.9 Å². The number of likely N-dealkylation sites (tertiary alicyclic amines) is 1. The van der Waals surface area contributed by atoms with Gasteiger partial charge in [0.25, 0.3) is 0 Å². The quantitative estimate of drug-likeness (QED) is 0.438. The first-order chi connectivity index (χ1) is 12.7. The highest BCUT2D eigenvalue weighted by atomic mass is 35.5. The summed E-state index contributed by atoms with van der Waals surface area (Å²) in [6.45, 7) is 4.74. The highest BCUT2D eigenvalue weighted by Gasteiger charge is 2.48. The number of carbonyl (C=O) groups is 1. The molecule has 2 rings (SSSR count). The number of amides is 1. The van der Waals surface area contributed by atoms with Crippen molar-refractivity contribution in [1.29, 1.82) is 0 Å². The molecule has 0 bridgehead atoms. The number of carbonyl (C=O) groups excluding carboxylic acids is 1. The van der Waals surface area contributed by atoms with Gasteiger partial charge in [0.05, 0.1) is 17.5 Å². The third-order valence-electron chi connectivity index (χ3n) is 5.63. The number of halogens is 1. The number of hydrogen-bond donors (Lipinski definition) is 4. The van der Waals surface area contributed by atoms with Crippen molar-refractivity contribution >= 4 is 29.3 Å². The van der Waals surface area contributed by atoms with Crippen LogP contribution in [-0.4, -0.2) is 93.3 Å². The standard InChI is InChI=1S/C18H33ClN2O5S/c1-5-6-10-7-11(21(3)8-10)17(25)20-12(9(2)19)16-14(23)13(22)15(24)18(26-16)27-4/h9-16,18,22-24H,5-8H2,1-4H3,(H,20,25)/t9-,10+,11-,12+,13?,14?,15?,16-,18?/m0/s1. The van der Waals surface area contributed by atoms with Gasteiger partial charge in [-0.15, -0.1) is 23.4 Å². The summed E-state index contributed by atoms with van der Waals surface area (Å²) in [4.78, 5) is 14.9. The molecule has 158 valence electrons. The number of nitrogens with one attached hydrogen (secondary N) is 1. The molecular formula is C18H33ClN2O5S. The molecule has 2 aliphatic heterocycles. The van der Waals surface area contributed by atoms with E-state index in [9.17, 15) is 20.1 Å². The molecule has 4 N–H and O–H groups in total. The van der Waals surface area contributed by atoms with E-state index in [0.717, 1.165) is 25.8 Å². The summed E-state index contributed by atoms with van der Waals surface area (Å²) >= 11 is 7.55. The Morgan fingerprint density at radius 1 is 1.33 bits per heavy atom. The minimum atomic E-state index is -1.36. The molecule has 0 spiro atoms. The van der Waals surface area contributed by atoms with Crippen LogP contribution in [0.3, 0.4) is 0 Å². The smallest absolute Gasteiger partial charge is 0.237 e. The Morgan fingerprint density at radius 2 is 2.00 bits per heavy atom. The zero-order chi connectivity index (χ0) is 20.3. The lowest BCUT2D eigenvalue weighted by molar-refractivity contribution is -0.205. The van der Waals surface area contributed by atoms with Gasteiger partial charge in [-0.1, -0.05) is 13.3 Å². The van der Waals surface area contributed by atoms with E-state index >= 15 is 0 Å². The monoisotopic (exact) mass is 424 g/mol. The van der Waals surface area contributed by atoms with Crippen LogP contribution in [0.25, 0.3) is 0 Å². The second kappa shape index (κ2) is 10.1. The maximum absolute atomic E-state index is 12.9. The number of aliphatic hydroxyl groups excluding tert-OH is 3. The molecule has 7 nitrogen and oxygen atoms in total. The molecule has 0 aliphatic carbocycles. The molecule has 2 heterocycles. The fraction of sp³-hybridized carbons (Fsp3) is 0.944. The summed E-state index contributed by atoms with van der Waals surface area (Å²) in [7, 11) is 1.94. The Bertz CT molecular complexity index is 498. The molecule has 1 amide bonds. The average molecular weight is 425 g/mol. The first-order valence-electron chi connectivity index (χ1n) is 9.58. The van der Waals surface area contributed by atoms with Crippen molar-refractivity contribution in [3.63, 3.8) is 0 Å². The van der Waals surface area contributed by atoms with Gasteiger partial charge in [-0.25, -0.2) is 0 Å².